The van der Waals surface area contributed by atoms with Gasteiger partial charge < -0.3 is 15.1 Å². The molecule has 0 bridgehead atoms. The Labute approximate surface area is 114 Å². The summed E-state index contributed by atoms with van der Waals surface area (Å²) in [5.74, 6) is -0.133. The molecule has 2 N–H and O–H groups in total. The molecule has 2 unspecified atom stereocenters. The quantitative estimate of drug-likeness (QED) is 0.833. The Hall–Kier alpha value is -1.07. The highest BCUT2D eigenvalue weighted by Crippen LogP contribution is 2.25. The fraction of sp³-hybridized carbons (Fsp3) is 0.462. The van der Waals surface area contributed by atoms with E-state index in [0.717, 1.165) is 4.47 Å². The molecule has 1 amide bonds. The van der Waals surface area contributed by atoms with Gasteiger partial charge in [0.1, 0.15) is 5.75 Å². The van der Waals surface area contributed by atoms with E-state index in [4.69, 9.17) is 0 Å². The van der Waals surface area contributed by atoms with Gasteiger partial charge in [-0.25, -0.2) is 0 Å². The molecule has 1 heterocycles. The number of likely N-dealkylation sites (tertiary alicyclic amines) is 1. The molecule has 1 aromatic carbocycles. The van der Waals surface area contributed by atoms with Crippen molar-refractivity contribution in [3.8, 4) is 5.75 Å². The lowest BCUT2D eigenvalue weighted by Gasteiger charge is -2.34. The van der Waals surface area contributed by atoms with Crippen LogP contribution in [0.25, 0.3) is 0 Å². The van der Waals surface area contributed by atoms with Crippen molar-refractivity contribution in [2.24, 2.45) is 5.92 Å². The van der Waals surface area contributed by atoms with Gasteiger partial charge in [-0.3, -0.25) is 4.79 Å². The highest BCUT2D eigenvalue weighted by atomic mass is 79.9. The summed E-state index contributed by atoms with van der Waals surface area (Å²) in [5, 5.41) is 19.4. The first-order chi connectivity index (χ1) is 8.49. The number of amides is 1. The first kappa shape index (κ1) is 13.4. The van der Waals surface area contributed by atoms with Gasteiger partial charge in [-0.1, -0.05) is 22.9 Å². The predicted molar refractivity (Wildman–Crippen MR) is 71.5 cm³/mol. The number of hydrogen-bond acceptors (Lipinski definition) is 3. The third-order valence-corrected chi connectivity index (χ3v) is 3.83. The monoisotopic (exact) mass is 313 g/mol. The van der Waals surface area contributed by atoms with E-state index >= 15 is 0 Å². The molecular formula is C13H16BrNO3. The van der Waals surface area contributed by atoms with Crippen molar-refractivity contribution < 1.29 is 15.0 Å². The van der Waals surface area contributed by atoms with Crippen LogP contribution < -0.4 is 0 Å². The number of phenolic OH excluding ortho intramolecular Hbond substituents is 1. The van der Waals surface area contributed by atoms with Crippen LogP contribution >= 0.6 is 15.9 Å². The highest BCUT2D eigenvalue weighted by Gasteiger charge is 2.28. The summed E-state index contributed by atoms with van der Waals surface area (Å²) in [6.07, 6.45) is 0.243. The van der Waals surface area contributed by atoms with E-state index in [0.29, 0.717) is 25.1 Å². The molecule has 98 valence electrons. The van der Waals surface area contributed by atoms with Gasteiger partial charge in [-0.05, 0) is 30.5 Å². The molecule has 1 aromatic rings. The standard InChI is InChI=1S/C13H16BrNO3/c1-8-7-15(5-4-11(8)16)13(18)10-6-9(14)2-3-12(10)17/h2-3,6,8,11,16-17H,4-5,7H2,1H3. The van der Waals surface area contributed by atoms with Crippen molar-refractivity contribution in [2.45, 2.75) is 19.4 Å². The molecule has 2 atom stereocenters. The van der Waals surface area contributed by atoms with Crippen molar-refractivity contribution in [1.29, 1.82) is 0 Å². The molecule has 0 radical (unpaired) electrons. The molecule has 5 heteroatoms. The van der Waals surface area contributed by atoms with Crippen LogP contribution in [0.2, 0.25) is 0 Å². The molecule has 0 spiro atoms. The summed E-state index contributed by atoms with van der Waals surface area (Å²) >= 11 is 3.29. The van der Waals surface area contributed by atoms with E-state index in [-0.39, 0.29) is 23.7 Å². The number of aliphatic hydroxyl groups excluding tert-OH is 1. The zero-order chi connectivity index (χ0) is 13.3. The number of aliphatic hydroxyl groups is 1. The van der Waals surface area contributed by atoms with Gasteiger partial charge >= 0.3 is 0 Å². The number of carbonyl (C=O) groups excluding carboxylic acids is 1. The number of hydrogen-bond donors (Lipinski definition) is 2. The first-order valence-electron chi connectivity index (χ1n) is 5.95. The first-order valence-corrected chi connectivity index (χ1v) is 6.74. The molecule has 0 aromatic heterocycles. The average Bonchev–Trinajstić information content (AvgIpc) is 2.35. The minimum atomic E-state index is -0.342. The number of halogens is 1. The van der Waals surface area contributed by atoms with Gasteiger partial charge in [0.2, 0.25) is 0 Å². The van der Waals surface area contributed by atoms with Crippen LogP contribution in [0, 0.1) is 5.92 Å². The lowest BCUT2D eigenvalue weighted by molar-refractivity contribution is 0.0296. The fourth-order valence-electron chi connectivity index (χ4n) is 2.17. The van der Waals surface area contributed by atoms with Crippen LogP contribution in [0.3, 0.4) is 0 Å². The molecule has 1 saturated heterocycles. The van der Waals surface area contributed by atoms with Crippen molar-refractivity contribution in [2.75, 3.05) is 13.1 Å². The molecule has 1 aliphatic heterocycles. The highest BCUT2D eigenvalue weighted by molar-refractivity contribution is 9.10. The maximum Gasteiger partial charge on any atom is 0.257 e. The number of rotatable bonds is 1. The van der Waals surface area contributed by atoms with Crippen LogP contribution in [0.5, 0.6) is 5.75 Å². The van der Waals surface area contributed by atoms with Crippen LogP contribution in [0.1, 0.15) is 23.7 Å². The normalized spacial score (nSPS) is 24.1. The smallest absolute Gasteiger partial charge is 0.257 e. The Morgan fingerprint density at radius 1 is 1.50 bits per heavy atom. The van der Waals surface area contributed by atoms with E-state index in [2.05, 4.69) is 15.9 Å². The maximum atomic E-state index is 12.3. The topological polar surface area (TPSA) is 60.8 Å². The number of aromatic hydroxyl groups is 1. The lowest BCUT2D eigenvalue weighted by atomic mass is 9.96. The van der Waals surface area contributed by atoms with Gasteiger partial charge in [-0.15, -0.1) is 0 Å². The summed E-state index contributed by atoms with van der Waals surface area (Å²) in [5.41, 5.74) is 0.299. The Bertz CT molecular complexity index is 464. The third-order valence-electron chi connectivity index (χ3n) is 3.34. The molecule has 0 saturated carbocycles. The van der Waals surface area contributed by atoms with Crippen LogP contribution in [-0.4, -0.2) is 40.2 Å². The van der Waals surface area contributed by atoms with Gasteiger partial charge in [-0.2, -0.15) is 0 Å². The van der Waals surface area contributed by atoms with Gasteiger partial charge in [0, 0.05) is 17.6 Å². The number of carbonyl (C=O) groups is 1. The van der Waals surface area contributed by atoms with Crippen molar-refractivity contribution in [1.82, 2.24) is 4.90 Å². The fourth-order valence-corrected chi connectivity index (χ4v) is 2.53. The maximum absolute atomic E-state index is 12.3. The molecule has 1 fully saturated rings. The van der Waals surface area contributed by atoms with Crippen molar-refractivity contribution >= 4 is 21.8 Å². The summed E-state index contributed by atoms with van der Waals surface area (Å²) in [6, 6.07) is 4.81. The van der Waals surface area contributed by atoms with E-state index in [1.165, 1.54) is 6.07 Å². The minimum Gasteiger partial charge on any atom is -0.507 e. The Morgan fingerprint density at radius 3 is 2.89 bits per heavy atom. The Kier molecular flexibility index (Phi) is 3.92. The number of benzene rings is 1. The van der Waals surface area contributed by atoms with Gasteiger partial charge in [0.05, 0.1) is 11.7 Å². The third kappa shape index (κ3) is 2.67. The molecule has 0 aliphatic carbocycles. The molecule has 2 rings (SSSR count). The molecule has 18 heavy (non-hydrogen) atoms. The number of nitrogens with zero attached hydrogens (tertiary/aromatic N) is 1. The second-order valence-electron chi connectivity index (χ2n) is 4.75. The second-order valence-corrected chi connectivity index (χ2v) is 5.66. The van der Waals surface area contributed by atoms with Gasteiger partial charge in [0.15, 0.2) is 0 Å². The largest absolute Gasteiger partial charge is 0.507 e. The zero-order valence-corrected chi connectivity index (χ0v) is 11.7. The van der Waals surface area contributed by atoms with E-state index in [9.17, 15) is 15.0 Å². The molecule has 1 aliphatic rings. The van der Waals surface area contributed by atoms with Crippen LogP contribution in [0.15, 0.2) is 22.7 Å². The zero-order valence-electron chi connectivity index (χ0n) is 10.1. The average molecular weight is 314 g/mol. The van der Waals surface area contributed by atoms with E-state index in [1.54, 1.807) is 17.0 Å². The van der Waals surface area contributed by atoms with E-state index < -0.39 is 0 Å². The second kappa shape index (κ2) is 5.28. The van der Waals surface area contributed by atoms with Crippen LogP contribution in [-0.2, 0) is 0 Å². The SMILES string of the molecule is CC1CN(C(=O)c2cc(Br)ccc2O)CCC1O. The van der Waals surface area contributed by atoms with Gasteiger partial charge in [0.25, 0.3) is 5.91 Å². The minimum absolute atomic E-state index is 0.0121. The summed E-state index contributed by atoms with van der Waals surface area (Å²) < 4.78 is 0.758. The molecule has 4 nitrogen and oxygen atoms in total. The number of piperidine rings is 1. The predicted octanol–water partition coefficient (Wildman–Crippen LogP) is 2.00. The summed E-state index contributed by atoms with van der Waals surface area (Å²) in [6.45, 7) is 2.97. The van der Waals surface area contributed by atoms with Crippen molar-refractivity contribution in [3.05, 3.63) is 28.2 Å². The van der Waals surface area contributed by atoms with E-state index in [1.807, 2.05) is 6.92 Å². The number of phenols is 1. The van der Waals surface area contributed by atoms with Crippen molar-refractivity contribution in [3.63, 3.8) is 0 Å². The molecular weight excluding hydrogens is 298 g/mol. The Balaban J connectivity index is 2.19. The Morgan fingerprint density at radius 2 is 2.22 bits per heavy atom. The van der Waals surface area contributed by atoms with Crippen LogP contribution in [0.4, 0.5) is 0 Å². The summed E-state index contributed by atoms with van der Waals surface area (Å²) in [7, 11) is 0. The lowest BCUT2D eigenvalue weighted by Crippen LogP contribution is -2.44. The summed E-state index contributed by atoms with van der Waals surface area (Å²) in [4.78, 5) is 14.0.